The van der Waals surface area contributed by atoms with Gasteiger partial charge in [-0.3, -0.25) is 4.90 Å². The van der Waals surface area contributed by atoms with E-state index in [-0.39, 0.29) is 5.66 Å². The van der Waals surface area contributed by atoms with Crippen LogP contribution in [0.4, 0.5) is 0 Å². The Morgan fingerprint density at radius 1 is 1.46 bits per heavy atom. The summed E-state index contributed by atoms with van der Waals surface area (Å²) in [6.45, 7) is 6.15. The van der Waals surface area contributed by atoms with Gasteiger partial charge < -0.3 is 11.5 Å². The molecule has 78 valence electrons. The lowest BCUT2D eigenvalue weighted by atomic mass is 9.95. The van der Waals surface area contributed by atoms with Crippen LogP contribution < -0.4 is 11.5 Å². The molecule has 1 heterocycles. The van der Waals surface area contributed by atoms with Gasteiger partial charge in [0.25, 0.3) is 0 Å². The third-order valence-electron chi connectivity index (χ3n) is 3.17. The molecule has 0 saturated carbocycles. The van der Waals surface area contributed by atoms with E-state index >= 15 is 0 Å². The van der Waals surface area contributed by atoms with Crippen LogP contribution >= 0.6 is 0 Å². The molecule has 0 aliphatic carbocycles. The average Bonchev–Trinajstić information content (AvgIpc) is 2.09. The van der Waals surface area contributed by atoms with Crippen LogP contribution in [0.15, 0.2) is 0 Å². The summed E-state index contributed by atoms with van der Waals surface area (Å²) in [7, 11) is 0. The van der Waals surface area contributed by atoms with E-state index in [1.54, 1.807) is 0 Å². The monoisotopic (exact) mass is 185 g/mol. The molecule has 0 bridgehead atoms. The number of hydrogen-bond acceptors (Lipinski definition) is 3. The van der Waals surface area contributed by atoms with Crippen LogP contribution in [-0.2, 0) is 0 Å². The highest BCUT2D eigenvalue weighted by molar-refractivity contribution is 4.88. The van der Waals surface area contributed by atoms with Crippen molar-refractivity contribution in [1.82, 2.24) is 4.90 Å². The molecular formula is C10H23N3. The molecule has 1 rings (SSSR count). The molecule has 1 saturated heterocycles. The first-order valence-electron chi connectivity index (χ1n) is 5.37. The lowest BCUT2D eigenvalue weighted by molar-refractivity contribution is 0.0258. The Morgan fingerprint density at radius 3 is 2.62 bits per heavy atom. The second-order valence-electron chi connectivity index (χ2n) is 4.31. The number of piperidine rings is 1. The molecule has 1 fully saturated rings. The zero-order chi connectivity index (χ0) is 9.90. The van der Waals surface area contributed by atoms with Crippen LogP contribution in [0.5, 0.6) is 0 Å². The molecule has 0 aromatic carbocycles. The first-order valence-corrected chi connectivity index (χ1v) is 5.37. The molecule has 2 atom stereocenters. The molecule has 3 heteroatoms. The zero-order valence-electron chi connectivity index (χ0n) is 8.92. The van der Waals surface area contributed by atoms with Crippen LogP contribution in [0.2, 0.25) is 0 Å². The Hall–Kier alpha value is -0.120. The molecule has 13 heavy (non-hydrogen) atoms. The van der Waals surface area contributed by atoms with Gasteiger partial charge in [-0.25, -0.2) is 0 Å². The first kappa shape index (κ1) is 11.0. The minimum atomic E-state index is -0.127. The molecule has 0 spiro atoms. The van der Waals surface area contributed by atoms with Crippen molar-refractivity contribution in [3.63, 3.8) is 0 Å². The molecule has 0 amide bonds. The van der Waals surface area contributed by atoms with Crippen molar-refractivity contribution >= 4 is 0 Å². The smallest absolute Gasteiger partial charge is 0.0661 e. The van der Waals surface area contributed by atoms with Gasteiger partial charge in [0.1, 0.15) is 0 Å². The maximum atomic E-state index is 6.24. The van der Waals surface area contributed by atoms with E-state index in [0.717, 1.165) is 25.9 Å². The van der Waals surface area contributed by atoms with Crippen LogP contribution in [0.1, 0.15) is 39.5 Å². The number of nitrogens with zero attached hydrogens (tertiary/aromatic N) is 1. The highest BCUT2D eigenvalue weighted by atomic mass is 15.3. The Balaban J connectivity index is 2.63. The van der Waals surface area contributed by atoms with E-state index in [1.807, 2.05) is 0 Å². The lowest BCUT2D eigenvalue weighted by Gasteiger charge is -2.46. The lowest BCUT2D eigenvalue weighted by Crippen LogP contribution is -2.61. The Morgan fingerprint density at radius 2 is 2.15 bits per heavy atom. The SMILES string of the molecule is CCC(CN)N1CCCC[C@]1(C)N. The summed E-state index contributed by atoms with van der Waals surface area (Å²) in [5, 5.41) is 0. The Labute approximate surface area is 81.5 Å². The molecule has 0 aromatic heterocycles. The fourth-order valence-corrected chi connectivity index (χ4v) is 2.28. The molecule has 0 aromatic rings. The maximum absolute atomic E-state index is 6.24. The zero-order valence-corrected chi connectivity index (χ0v) is 8.92. The minimum Gasteiger partial charge on any atom is -0.329 e. The van der Waals surface area contributed by atoms with Crippen molar-refractivity contribution in [1.29, 1.82) is 0 Å². The Bertz CT molecular complexity index is 152. The highest BCUT2D eigenvalue weighted by Crippen LogP contribution is 2.25. The van der Waals surface area contributed by atoms with Crippen LogP contribution in [-0.4, -0.2) is 29.7 Å². The fraction of sp³-hybridized carbons (Fsp3) is 1.00. The largest absolute Gasteiger partial charge is 0.329 e. The maximum Gasteiger partial charge on any atom is 0.0661 e. The standard InChI is InChI=1S/C10H23N3/c1-3-9(8-11)13-7-5-4-6-10(13,2)12/h9H,3-8,11-12H2,1-2H3/t9?,10-/m1/s1. The third-order valence-corrected chi connectivity index (χ3v) is 3.17. The van der Waals surface area contributed by atoms with Crippen molar-refractivity contribution in [2.75, 3.05) is 13.1 Å². The number of likely N-dealkylation sites (tertiary alicyclic amines) is 1. The van der Waals surface area contributed by atoms with Gasteiger partial charge in [0, 0.05) is 19.1 Å². The van der Waals surface area contributed by atoms with Gasteiger partial charge in [-0.05, 0) is 32.6 Å². The van der Waals surface area contributed by atoms with E-state index in [1.165, 1.54) is 12.8 Å². The van der Waals surface area contributed by atoms with Gasteiger partial charge in [0.15, 0.2) is 0 Å². The fourth-order valence-electron chi connectivity index (χ4n) is 2.28. The van der Waals surface area contributed by atoms with Gasteiger partial charge in [-0.2, -0.15) is 0 Å². The van der Waals surface area contributed by atoms with Crippen molar-refractivity contribution in [2.45, 2.75) is 51.2 Å². The van der Waals surface area contributed by atoms with Crippen molar-refractivity contribution in [2.24, 2.45) is 11.5 Å². The van der Waals surface area contributed by atoms with E-state index < -0.39 is 0 Å². The second kappa shape index (κ2) is 4.40. The summed E-state index contributed by atoms with van der Waals surface area (Å²) < 4.78 is 0. The summed E-state index contributed by atoms with van der Waals surface area (Å²) >= 11 is 0. The summed E-state index contributed by atoms with van der Waals surface area (Å²) in [4.78, 5) is 2.39. The predicted molar refractivity (Wildman–Crippen MR) is 56.3 cm³/mol. The molecule has 1 aliphatic heterocycles. The van der Waals surface area contributed by atoms with Crippen molar-refractivity contribution < 1.29 is 0 Å². The van der Waals surface area contributed by atoms with Gasteiger partial charge >= 0.3 is 0 Å². The minimum absolute atomic E-state index is 0.127. The van der Waals surface area contributed by atoms with Gasteiger partial charge in [-0.1, -0.05) is 6.92 Å². The van der Waals surface area contributed by atoms with Gasteiger partial charge in [-0.15, -0.1) is 0 Å². The van der Waals surface area contributed by atoms with Crippen LogP contribution in [0, 0.1) is 0 Å². The molecule has 4 N–H and O–H groups in total. The average molecular weight is 185 g/mol. The highest BCUT2D eigenvalue weighted by Gasteiger charge is 2.33. The normalized spacial score (nSPS) is 33.2. The van der Waals surface area contributed by atoms with Crippen LogP contribution in [0.3, 0.4) is 0 Å². The molecule has 3 nitrogen and oxygen atoms in total. The number of hydrogen-bond donors (Lipinski definition) is 2. The topological polar surface area (TPSA) is 55.3 Å². The van der Waals surface area contributed by atoms with Crippen molar-refractivity contribution in [3.05, 3.63) is 0 Å². The van der Waals surface area contributed by atoms with E-state index in [2.05, 4.69) is 18.7 Å². The summed E-state index contributed by atoms with van der Waals surface area (Å²) in [5.41, 5.74) is 11.9. The molecule has 0 radical (unpaired) electrons. The van der Waals surface area contributed by atoms with Gasteiger partial charge in [0.05, 0.1) is 5.66 Å². The van der Waals surface area contributed by atoms with E-state index in [9.17, 15) is 0 Å². The molecular weight excluding hydrogens is 162 g/mol. The number of nitrogens with two attached hydrogens (primary N) is 2. The summed E-state index contributed by atoms with van der Waals surface area (Å²) in [6, 6.07) is 0.468. The second-order valence-corrected chi connectivity index (χ2v) is 4.31. The van der Waals surface area contributed by atoms with Crippen LogP contribution in [0.25, 0.3) is 0 Å². The van der Waals surface area contributed by atoms with Gasteiger partial charge in [0.2, 0.25) is 0 Å². The van der Waals surface area contributed by atoms with E-state index in [0.29, 0.717) is 6.04 Å². The predicted octanol–water partition coefficient (Wildman–Crippen LogP) is 0.884. The Kier molecular flexibility index (Phi) is 3.71. The first-order chi connectivity index (χ1) is 6.11. The molecule has 1 aliphatic rings. The quantitative estimate of drug-likeness (QED) is 0.686. The summed E-state index contributed by atoms with van der Waals surface area (Å²) in [6.07, 6.45) is 4.72. The number of rotatable bonds is 3. The van der Waals surface area contributed by atoms with E-state index in [4.69, 9.17) is 11.5 Å². The molecule has 1 unspecified atom stereocenters. The van der Waals surface area contributed by atoms with Crippen molar-refractivity contribution in [3.8, 4) is 0 Å². The third kappa shape index (κ3) is 2.42. The summed E-state index contributed by atoms with van der Waals surface area (Å²) in [5.74, 6) is 0.